The molecule has 1 amide bonds. The summed E-state index contributed by atoms with van der Waals surface area (Å²) in [4.78, 5) is 12.3. The van der Waals surface area contributed by atoms with Crippen molar-refractivity contribution >= 4 is 34.1 Å². The van der Waals surface area contributed by atoms with Gasteiger partial charge in [-0.05, 0) is 28.3 Å². The second-order valence-electron chi connectivity index (χ2n) is 6.54. The molecule has 7 heteroatoms. The number of carbonyl (C=O) groups excluding carboxylic acids is 1. The van der Waals surface area contributed by atoms with E-state index in [1.807, 2.05) is 42.5 Å². The number of amides is 1. The molecule has 0 saturated carbocycles. The van der Waals surface area contributed by atoms with Crippen LogP contribution in [0.15, 0.2) is 83.2 Å². The number of aromatic nitrogens is 2. The first-order chi connectivity index (χ1) is 14.7. The van der Waals surface area contributed by atoms with Crippen LogP contribution in [0.3, 0.4) is 0 Å². The summed E-state index contributed by atoms with van der Waals surface area (Å²) in [5, 5.41) is 11.3. The average molecular weight is 436 g/mol. The maximum Gasteiger partial charge on any atom is 0.230 e. The van der Waals surface area contributed by atoms with Crippen LogP contribution in [0.1, 0.15) is 11.1 Å². The first-order valence-corrected chi connectivity index (χ1v) is 11.1. The molecule has 0 aliphatic rings. The SMILES string of the molecule is O=C(Cc1ccc(-c2ccccc2)cc1)Nc1nnc(SCc2ccccc2F)s1. The Morgan fingerprint density at radius 2 is 1.60 bits per heavy atom. The van der Waals surface area contributed by atoms with E-state index >= 15 is 0 Å². The van der Waals surface area contributed by atoms with Crippen LogP contribution in [0.5, 0.6) is 0 Å². The van der Waals surface area contributed by atoms with Gasteiger partial charge in [0.05, 0.1) is 6.42 Å². The lowest BCUT2D eigenvalue weighted by molar-refractivity contribution is -0.115. The van der Waals surface area contributed by atoms with Gasteiger partial charge in [-0.1, -0.05) is 95.9 Å². The van der Waals surface area contributed by atoms with Crippen LogP contribution >= 0.6 is 23.1 Å². The fraction of sp³-hybridized carbons (Fsp3) is 0.0870. The Morgan fingerprint density at radius 3 is 2.37 bits per heavy atom. The molecular formula is C23H18FN3OS2. The lowest BCUT2D eigenvalue weighted by Crippen LogP contribution is -2.14. The molecule has 0 aliphatic heterocycles. The summed E-state index contributed by atoms with van der Waals surface area (Å²) in [6, 6.07) is 24.7. The van der Waals surface area contributed by atoms with Crippen LogP contribution in [-0.2, 0) is 17.0 Å². The molecule has 0 unspecified atom stereocenters. The van der Waals surface area contributed by atoms with E-state index in [0.29, 0.717) is 20.8 Å². The largest absolute Gasteiger partial charge is 0.300 e. The topological polar surface area (TPSA) is 54.9 Å². The van der Waals surface area contributed by atoms with Crippen LogP contribution in [0.4, 0.5) is 9.52 Å². The lowest BCUT2D eigenvalue weighted by Gasteiger charge is -2.04. The molecule has 4 rings (SSSR count). The highest BCUT2D eigenvalue weighted by molar-refractivity contribution is 8.00. The van der Waals surface area contributed by atoms with E-state index in [9.17, 15) is 9.18 Å². The fourth-order valence-electron chi connectivity index (χ4n) is 2.87. The molecule has 1 N–H and O–H groups in total. The number of hydrogen-bond donors (Lipinski definition) is 1. The van der Waals surface area contributed by atoms with Gasteiger partial charge in [0.1, 0.15) is 5.82 Å². The van der Waals surface area contributed by atoms with E-state index in [0.717, 1.165) is 16.7 Å². The fourth-order valence-corrected chi connectivity index (χ4v) is 4.62. The van der Waals surface area contributed by atoms with E-state index in [1.165, 1.54) is 29.2 Å². The predicted octanol–water partition coefficient (Wildman–Crippen LogP) is 5.82. The van der Waals surface area contributed by atoms with E-state index in [2.05, 4.69) is 27.6 Å². The molecule has 0 radical (unpaired) electrons. The molecule has 0 atom stereocenters. The van der Waals surface area contributed by atoms with Gasteiger partial charge in [0.25, 0.3) is 0 Å². The number of benzene rings is 3. The zero-order chi connectivity index (χ0) is 20.8. The number of hydrogen-bond acceptors (Lipinski definition) is 5. The Kier molecular flexibility index (Phi) is 6.51. The van der Waals surface area contributed by atoms with Crippen molar-refractivity contribution < 1.29 is 9.18 Å². The van der Waals surface area contributed by atoms with Gasteiger partial charge in [-0.2, -0.15) is 0 Å². The number of thioether (sulfide) groups is 1. The van der Waals surface area contributed by atoms with E-state index < -0.39 is 0 Å². The number of nitrogens with one attached hydrogen (secondary N) is 1. The van der Waals surface area contributed by atoms with Crippen molar-refractivity contribution in [2.24, 2.45) is 0 Å². The van der Waals surface area contributed by atoms with Gasteiger partial charge in [-0.25, -0.2) is 4.39 Å². The molecule has 0 spiro atoms. The Balaban J connectivity index is 1.31. The zero-order valence-electron chi connectivity index (χ0n) is 15.9. The molecule has 1 heterocycles. The maximum absolute atomic E-state index is 13.7. The molecule has 3 aromatic carbocycles. The average Bonchev–Trinajstić information content (AvgIpc) is 3.21. The molecule has 0 fully saturated rings. The Bertz CT molecular complexity index is 1130. The number of carbonyl (C=O) groups is 1. The summed E-state index contributed by atoms with van der Waals surface area (Å²) in [6.45, 7) is 0. The van der Waals surface area contributed by atoms with Crippen LogP contribution in [0.25, 0.3) is 11.1 Å². The predicted molar refractivity (Wildman–Crippen MR) is 120 cm³/mol. The number of nitrogens with zero attached hydrogens (tertiary/aromatic N) is 2. The van der Waals surface area contributed by atoms with E-state index in [4.69, 9.17) is 0 Å². The van der Waals surface area contributed by atoms with Gasteiger partial charge in [0.15, 0.2) is 4.34 Å². The summed E-state index contributed by atoms with van der Waals surface area (Å²) >= 11 is 2.68. The van der Waals surface area contributed by atoms with Gasteiger partial charge in [-0.3, -0.25) is 4.79 Å². The third-order valence-electron chi connectivity index (χ3n) is 4.39. The summed E-state index contributed by atoms with van der Waals surface area (Å²) in [5.41, 5.74) is 3.79. The van der Waals surface area contributed by atoms with Crippen molar-refractivity contribution in [1.29, 1.82) is 0 Å². The standard InChI is InChI=1S/C23H18FN3OS2/c24-20-9-5-4-8-19(20)15-29-23-27-26-22(30-23)25-21(28)14-16-10-12-18(13-11-16)17-6-2-1-3-7-17/h1-13H,14-15H2,(H,25,26,28). The highest BCUT2D eigenvalue weighted by atomic mass is 32.2. The van der Waals surface area contributed by atoms with Crippen molar-refractivity contribution in [3.8, 4) is 11.1 Å². The Hall–Kier alpha value is -3.03. The van der Waals surface area contributed by atoms with Gasteiger partial charge in [-0.15, -0.1) is 10.2 Å². The summed E-state index contributed by atoms with van der Waals surface area (Å²) in [7, 11) is 0. The normalized spacial score (nSPS) is 10.7. The van der Waals surface area contributed by atoms with Crippen molar-refractivity contribution in [2.75, 3.05) is 5.32 Å². The summed E-state index contributed by atoms with van der Waals surface area (Å²) in [5.74, 6) is 0.0776. The Labute approximate surface area is 182 Å². The van der Waals surface area contributed by atoms with Crippen LogP contribution in [0, 0.1) is 5.82 Å². The minimum Gasteiger partial charge on any atom is -0.300 e. The first-order valence-electron chi connectivity index (χ1n) is 9.31. The molecule has 1 aromatic heterocycles. The van der Waals surface area contributed by atoms with Gasteiger partial charge in [0.2, 0.25) is 11.0 Å². The van der Waals surface area contributed by atoms with Gasteiger partial charge in [0, 0.05) is 5.75 Å². The van der Waals surface area contributed by atoms with Crippen molar-refractivity contribution in [2.45, 2.75) is 16.5 Å². The molecule has 0 bridgehead atoms. The molecule has 0 aliphatic carbocycles. The van der Waals surface area contributed by atoms with Crippen molar-refractivity contribution in [3.05, 3.63) is 95.8 Å². The van der Waals surface area contributed by atoms with E-state index in [-0.39, 0.29) is 18.1 Å². The van der Waals surface area contributed by atoms with Crippen molar-refractivity contribution in [1.82, 2.24) is 10.2 Å². The zero-order valence-corrected chi connectivity index (χ0v) is 17.5. The summed E-state index contributed by atoms with van der Waals surface area (Å²) in [6.07, 6.45) is 0.256. The second kappa shape index (κ2) is 9.65. The lowest BCUT2D eigenvalue weighted by atomic mass is 10.0. The maximum atomic E-state index is 13.7. The quantitative estimate of drug-likeness (QED) is 0.294. The smallest absolute Gasteiger partial charge is 0.230 e. The molecule has 4 nitrogen and oxygen atoms in total. The Morgan fingerprint density at radius 1 is 0.900 bits per heavy atom. The number of anilines is 1. The van der Waals surface area contributed by atoms with Crippen molar-refractivity contribution in [3.63, 3.8) is 0 Å². The highest BCUT2D eigenvalue weighted by Crippen LogP contribution is 2.29. The third kappa shape index (κ3) is 5.31. The number of rotatable bonds is 7. The molecular weight excluding hydrogens is 417 g/mol. The van der Waals surface area contributed by atoms with Crippen LogP contribution in [0.2, 0.25) is 0 Å². The highest BCUT2D eigenvalue weighted by Gasteiger charge is 2.11. The molecule has 150 valence electrons. The minimum absolute atomic E-state index is 0.149. The first kappa shape index (κ1) is 20.3. The number of halogens is 1. The van der Waals surface area contributed by atoms with Gasteiger partial charge >= 0.3 is 0 Å². The third-order valence-corrected chi connectivity index (χ3v) is 6.41. The van der Waals surface area contributed by atoms with Crippen LogP contribution in [-0.4, -0.2) is 16.1 Å². The minimum atomic E-state index is -0.235. The summed E-state index contributed by atoms with van der Waals surface area (Å²) < 4.78 is 14.4. The molecule has 0 saturated heterocycles. The van der Waals surface area contributed by atoms with E-state index in [1.54, 1.807) is 18.2 Å². The molecule has 30 heavy (non-hydrogen) atoms. The monoisotopic (exact) mass is 435 g/mol. The van der Waals surface area contributed by atoms with Crippen LogP contribution < -0.4 is 5.32 Å². The van der Waals surface area contributed by atoms with Gasteiger partial charge < -0.3 is 5.32 Å². The second-order valence-corrected chi connectivity index (χ2v) is 8.74. The molecule has 4 aromatic rings.